The first-order valence-corrected chi connectivity index (χ1v) is 13.7. The Morgan fingerprint density at radius 1 is 1.00 bits per heavy atom. The van der Waals surface area contributed by atoms with Crippen LogP contribution in [0.2, 0.25) is 0 Å². The van der Waals surface area contributed by atoms with Crippen molar-refractivity contribution in [3.63, 3.8) is 0 Å². The van der Waals surface area contributed by atoms with Crippen molar-refractivity contribution in [1.82, 2.24) is 19.7 Å². The predicted octanol–water partition coefficient (Wildman–Crippen LogP) is 5.84. The van der Waals surface area contributed by atoms with Crippen LogP contribution in [-0.2, 0) is 18.6 Å². The summed E-state index contributed by atoms with van der Waals surface area (Å²) < 4.78 is 21.3. The lowest BCUT2D eigenvalue weighted by Crippen LogP contribution is -2.33. The lowest BCUT2D eigenvalue weighted by molar-refractivity contribution is 0.167. The summed E-state index contributed by atoms with van der Waals surface area (Å²) in [6.45, 7) is 4.24. The number of benzene rings is 2. The van der Waals surface area contributed by atoms with Gasteiger partial charge in [-0.25, -0.2) is 9.18 Å². The summed E-state index contributed by atoms with van der Waals surface area (Å²) in [6.07, 6.45) is 6.87. The minimum atomic E-state index is -0.338. The maximum absolute atomic E-state index is 13.7. The van der Waals surface area contributed by atoms with Gasteiger partial charge in [-0.05, 0) is 105 Å². The molecule has 36 heavy (non-hydrogen) atoms. The van der Waals surface area contributed by atoms with Gasteiger partial charge >= 0.3 is 5.63 Å². The molecule has 0 bridgehead atoms. The molecule has 0 amide bonds. The van der Waals surface area contributed by atoms with Crippen molar-refractivity contribution < 1.29 is 8.81 Å². The molecular weight excluding hydrogens is 475 g/mol. The number of hydrogen-bond donors (Lipinski definition) is 0. The second-order valence-electron chi connectivity index (χ2n) is 9.78. The molecule has 1 aliphatic heterocycles. The minimum Gasteiger partial charge on any atom is -0.423 e. The molecule has 0 saturated carbocycles. The third kappa shape index (κ3) is 4.48. The quantitative estimate of drug-likeness (QED) is 0.243. The maximum atomic E-state index is 13.7. The number of hydrogen-bond acceptors (Lipinski definition) is 6. The van der Waals surface area contributed by atoms with Gasteiger partial charge in [-0.1, -0.05) is 18.2 Å². The number of nitrogens with zero attached hydrogens (tertiary/aromatic N) is 4. The number of fused-ring (bicyclic) bond motifs is 2. The Hall–Kier alpha value is -2.97. The first kappa shape index (κ1) is 23.4. The lowest BCUT2D eigenvalue weighted by atomic mass is 10.0. The normalized spacial score (nSPS) is 16.9. The standard InChI is InChI=1S/C28H29FN4O2S/c1-18(32-12-3-2-4-13-32)27-30-31-28(33(27)23-10-8-22(29)9-11-23)36-17-21-16-26(34)35-25-15-20-7-5-6-19(20)14-24(21)25/h8-11,14-16,18H,2-7,12-13,17H2,1H3. The van der Waals surface area contributed by atoms with Gasteiger partial charge in [0.15, 0.2) is 11.0 Å². The topological polar surface area (TPSA) is 64.2 Å². The number of aromatic nitrogens is 3. The van der Waals surface area contributed by atoms with E-state index in [0.717, 1.165) is 60.0 Å². The van der Waals surface area contributed by atoms with Gasteiger partial charge in [-0.3, -0.25) is 9.47 Å². The number of likely N-dealkylation sites (tertiary alicyclic amines) is 1. The summed E-state index contributed by atoms with van der Waals surface area (Å²) in [7, 11) is 0. The Morgan fingerprint density at radius 2 is 1.75 bits per heavy atom. The van der Waals surface area contributed by atoms with Crippen molar-refractivity contribution in [3.05, 3.63) is 81.2 Å². The van der Waals surface area contributed by atoms with Crippen molar-refractivity contribution in [3.8, 4) is 5.69 Å². The van der Waals surface area contributed by atoms with Crippen LogP contribution in [0, 0.1) is 5.82 Å². The van der Waals surface area contributed by atoms with Gasteiger partial charge in [-0.15, -0.1) is 10.2 Å². The van der Waals surface area contributed by atoms with Crippen LogP contribution in [0.3, 0.4) is 0 Å². The molecule has 186 valence electrons. The Kier molecular flexibility index (Phi) is 6.39. The van der Waals surface area contributed by atoms with E-state index in [9.17, 15) is 9.18 Å². The smallest absolute Gasteiger partial charge is 0.336 e. The molecule has 1 atom stereocenters. The first-order valence-electron chi connectivity index (χ1n) is 12.7. The fraction of sp³-hybridized carbons (Fsp3) is 0.393. The third-order valence-electron chi connectivity index (χ3n) is 7.45. The average molecular weight is 505 g/mol. The zero-order valence-corrected chi connectivity index (χ0v) is 21.2. The van der Waals surface area contributed by atoms with Crippen molar-refractivity contribution in [2.24, 2.45) is 0 Å². The molecule has 1 fully saturated rings. The van der Waals surface area contributed by atoms with E-state index in [2.05, 4.69) is 28.1 Å². The van der Waals surface area contributed by atoms with E-state index < -0.39 is 0 Å². The molecule has 1 aliphatic carbocycles. The molecule has 1 saturated heterocycles. The van der Waals surface area contributed by atoms with Crippen molar-refractivity contribution in [1.29, 1.82) is 0 Å². The maximum Gasteiger partial charge on any atom is 0.336 e. The second-order valence-corrected chi connectivity index (χ2v) is 10.7. The molecule has 1 unspecified atom stereocenters. The van der Waals surface area contributed by atoms with Crippen LogP contribution in [0.25, 0.3) is 16.7 Å². The van der Waals surface area contributed by atoms with Crippen LogP contribution in [0.5, 0.6) is 0 Å². The fourth-order valence-electron chi connectivity index (χ4n) is 5.50. The zero-order chi connectivity index (χ0) is 24.6. The molecule has 2 aromatic heterocycles. The molecule has 6 nitrogen and oxygen atoms in total. The summed E-state index contributed by atoms with van der Waals surface area (Å²) in [5.41, 5.74) is 4.70. The van der Waals surface area contributed by atoms with Crippen LogP contribution < -0.4 is 5.63 Å². The van der Waals surface area contributed by atoms with Crippen LogP contribution in [0.1, 0.15) is 61.2 Å². The molecule has 0 spiro atoms. The monoisotopic (exact) mass is 504 g/mol. The van der Waals surface area contributed by atoms with Crippen molar-refractivity contribution in [2.75, 3.05) is 13.1 Å². The second kappa shape index (κ2) is 9.82. The van der Waals surface area contributed by atoms with Crippen LogP contribution in [0.4, 0.5) is 4.39 Å². The third-order valence-corrected chi connectivity index (χ3v) is 8.43. The summed E-state index contributed by atoms with van der Waals surface area (Å²) in [5.74, 6) is 1.13. The van der Waals surface area contributed by atoms with E-state index in [-0.39, 0.29) is 17.5 Å². The van der Waals surface area contributed by atoms with E-state index in [1.165, 1.54) is 54.3 Å². The van der Waals surface area contributed by atoms with Gasteiger partial charge < -0.3 is 4.42 Å². The van der Waals surface area contributed by atoms with Gasteiger partial charge in [0, 0.05) is 22.9 Å². The first-order chi connectivity index (χ1) is 17.6. The van der Waals surface area contributed by atoms with Crippen LogP contribution in [0.15, 0.2) is 56.8 Å². The number of thioether (sulfide) groups is 1. The molecule has 6 rings (SSSR count). The Bertz CT molecular complexity index is 1460. The molecule has 2 aromatic carbocycles. The van der Waals surface area contributed by atoms with Crippen LogP contribution >= 0.6 is 11.8 Å². The predicted molar refractivity (Wildman–Crippen MR) is 139 cm³/mol. The molecule has 8 heteroatoms. The molecule has 0 radical (unpaired) electrons. The van der Waals surface area contributed by atoms with Crippen LogP contribution in [-0.4, -0.2) is 32.8 Å². The average Bonchev–Trinajstić information content (AvgIpc) is 3.53. The van der Waals surface area contributed by atoms with E-state index in [0.29, 0.717) is 11.3 Å². The SMILES string of the molecule is CC(c1nnc(SCc2cc(=O)oc3cc4c(cc23)CCC4)n1-c1ccc(F)cc1)N1CCCCC1. The van der Waals surface area contributed by atoms with E-state index in [1.54, 1.807) is 18.2 Å². The summed E-state index contributed by atoms with van der Waals surface area (Å²) >= 11 is 1.54. The Morgan fingerprint density at radius 3 is 2.53 bits per heavy atom. The number of aryl methyl sites for hydroxylation is 2. The van der Waals surface area contributed by atoms with Crippen molar-refractivity contribution >= 4 is 22.7 Å². The van der Waals surface area contributed by atoms with E-state index >= 15 is 0 Å². The number of halogens is 1. The molecule has 2 aliphatic rings. The minimum absolute atomic E-state index is 0.0874. The Labute approximate surface area is 213 Å². The van der Waals surface area contributed by atoms with E-state index in [4.69, 9.17) is 4.42 Å². The highest BCUT2D eigenvalue weighted by molar-refractivity contribution is 7.98. The highest BCUT2D eigenvalue weighted by Crippen LogP contribution is 2.33. The fourth-order valence-corrected chi connectivity index (χ4v) is 6.45. The molecule has 0 N–H and O–H groups in total. The van der Waals surface area contributed by atoms with Gasteiger partial charge in [0.2, 0.25) is 0 Å². The number of piperidine rings is 1. The summed E-state index contributed by atoms with van der Waals surface area (Å²) in [6, 6.07) is 12.4. The lowest BCUT2D eigenvalue weighted by Gasteiger charge is -2.31. The highest BCUT2D eigenvalue weighted by atomic mass is 32.2. The van der Waals surface area contributed by atoms with Gasteiger partial charge in [0.1, 0.15) is 11.4 Å². The molecule has 4 aromatic rings. The van der Waals surface area contributed by atoms with E-state index in [1.807, 2.05) is 10.6 Å². The largest absolute Gasteiger partial charge is 0.423 e. The molecule has 3 heterocycles. The number of rotatable bonds is 6. The highest BCUT2D eigenvalue weighted by Gasteiger charge is 2.26. The Balaban J connectivity index is 1.36. The summed E-state index contributed by atoms with van der Waals surface area (Å²) in [4.78, 5) is 14.8. The van der Waals surface area contributed by atoms with Gasteiger partial charge in [0.25, 0.3) is 0 Å². The summed E-state index contributed by atoms with van der Waals surface area (Å²) in [5, 5.41) is 10.9. The van der Waals surface area contributed by atoms with Gasteiger partial charge in [0.05, 0.1) is 6.04 Å². The molecular formula is C28H29FN4O2S. The van der Waals surface area contributed by atoms with Crippen molar-refractivity contribution in [2.45, 2.75) is 62.4 Å². The zero-order valence-electron chi connectivity index (χ0n) is 20.4. The van der Waals surface area contributed by atoms with Gasteiger partial charge in [-0.2, -0.15) is 0 Å².